The Kier molecular flexibility index (Phi) is 3.30. The number of nitrogens with zero attached hydrogens (tertiary/aromatic N) is 1. The molecule has 0 atom stereocenters. The highest BCUT2D eigenvalue weighted by Gasteiger charge is 2.24. The van der Waals surface area contributed by atoms with E-state index in [2.05, 4.69) is 18.7 Å². The second-order valence-electron chi connectivity index (χ2n) is 4.36. The molecule has 0 aromatic carbocycles. The minimum absolute atomic E-state index is 0.199. The summed E-state index contributed by atoms with van der Waals surface area (Å²) in [6, 6.07) is 0.567. The molecule has 0 radical (unpaired) electrons. The van der Waals surface area contributed by atoms with E-state index in [9.17, 15) is 4.79 Å². The van der Waals surface area contributed by atoms with E-state index in [0.29, 0.717) is 6.04 Å². The van der Waals surface area contributed by atoms with Gasteiger partial charge in [-0.25, -0.2) is 4.79 Å². The molecule has 3 nitrogen and oxygen atoms in total. The maximum atomic E-state index is 11.5. The van der Waals surface area contributed by atoms with Crippen LogP contribution >= 0.6 is 11.3 Å². The molecule has 0 saturated heterocycles. The summed E-state index contributed by atoms with van der Waals surface area (Å²) in [5.74, 6) is -0.199. The van der Waals surface area contributed by atoms with E-state index in [4.69, 9.17) is 4.74 Å². The maximum absolute atomic E-state index is 11.5. The van der Waals surface area contributed by atoms with Crippen LogP contribution in [0.5, 0.6) is 0 Å². The van der Waals surface area contributed by atoms with Crippen LogP contribution in [0.15, 0.2) is 5.38 Å². The number of fused-ring (bicyclic) bond motifs is 1. The van der Waals surface area contributed by atoms with Crippen molar-refractivity contribution >= 4 is 17.3 Å². The zero-order valence-electron chi connectivity index (χ0n) is 9.95. The third-order valence-corrected chi connectivity index (χ3v) is 4.13. The van der Waals surface area contributed by atoms with Gasteiger partial charge >= 0.3 is 5.97 Å². The zero-order chi connectivity index (χ0) is 11.7. The molecule has 0 amide bonds. The molecule has 1 aromatic rings. The quantitative estimate of drug-likeness (QED) is 0.742. The molecular weight excluding hydrogens is 222 g/mol. The Morgan fingerprint density at radius 1 is 1.56 bits per heavy atom. The highest BCUT2D eigenvalue weighted by atomic mass is 32.1. The first-order valence-electron chi connectivity index (χ1n) is 5.55. The molecule has 4 heteroatoms. The highest BCUT2D eigenvalue weighted by molar-refractivity contribution is 7.10. The minimum Gasteiger partial charge on any atom is -0.465 e. The SMILES string of the molecule is COC(=O)c1csc2c1CCN(C(C)C)C2. The number of carbonyl (C=O) groups is 1. The van der Waals surface area contributed by atoms with Crippen LogP contribution in [0.3, 0.4) is 0 Å². The molecule has 1 aliphatic rings. The number of thiophene rings is 1. The van der Waals surface area contributed by atoms with Gasteiger partial charge < -0.3 is 4.74 Å². The molecule has 0 unspecified atom stereocenters. The first-order chi connectivity index (χ1) is 7.63. The van der Waals surface area contributed by atoms with Crippen molar-refractivity contribution in [3.05, 3.63) is 21.4 Å². The van der Waals surface area contributed by atoms with Gasteiger partial charge in [0.2, 0.25) is 0 Å². The van der Waals surface area contributed by atoms with Crippen LogP contribution in [0.2, 0.25) is 0 Å². The first-order valence-corrected chi connectivity index (χ1v) is 6.43. The number of rotatable bonds is 2. The van der Waals surface area contributed by atoms with E-state index in [0.717, 1.165) is 25.1 Å². The minimum atomic E-state index is -0.199. The summed E-state index contributed by atoms with van der Waals surface area (Å²) in [4.78, 5) is 15.3. The molecule has 1 aliphatic heterocycles. The molecular formula is C12H17NO2S. The zero-order valence-corrected chi connectivity index (χ0v) is 10.8. The van der Waals surface area contributed by atoms with Crippen LogP contribution < -0.4 is 0 Å². The maximum Gasteiger partial charge on any atom is 0.338 e. The monoisotopic (exact) mass is 239 g/mol. The van der Waals surface area contributed by atoms with E-state index in [-0.39, 0.29) is 5.97 Å². The number of ether oxygens (including phenoxy) is 1. The lowest BCUT2D eigenvalue weighted by atomic mass is 10.0. The van der Waals surface area contributed by atoms with Gasteiger partial charge in [-0.2, -0.15) is 0 Å². The van der Waals surface area contributed by atoms with Gasteiger partial charge in [-0.1, -0.05) is 0 Å². The van der Waals surface area contributed by atoms with Gasteiger partial charge in [0.25, 0.3) is 0 Å². The molecule has 0 fully saturated rings. The third kappa shape index (κ3) is 1.99. The fraction of sp³-hybridized carbons (Fsp3) is 0.583. The fourth-order valence-corrected chi connectivity index (χ4v) is 3.16. The molecule has 88 valence electrons. The predicted molar refractivity (Wildman–Crippen MR) is 64.9 cm³/mol. The summed E-state index contributed by atoms with van der Waals surface area (Å²) in [6.07, 6.45) is 0.960. The van der Waals surface area contributed by atoms with Gasteiger partial charge in [-0.05, 0) is 25.8 Å². The summed E-state index contributed by atoms with van der Waals surface area (Å²) in [5.41, 5.74) is 1.97. The van der Waals surface area contributed by atoms with Gasteiger partial charge in [0.15, 0.2) is 0 Å². The van der Waals surface area contributed by atoms with Gasteiger partial charge in [0, 0.05) is 29.4 Å². The molecule has 0 spiro atoms. The van der Waals surface area contributed by atoms with E-state index in [1.165, 1.54) is 17.6 Å². The van der Waals surface area contributed by atoms with Crippen molar-refractivity contribution in [3.8, 4) is 0 Å². The van der Waals surface area contributed by atoms with Gasteiger partial charge in [-0.15, -0.1) is 11.3 Å². The van der Waals surface area contributed by atoms with Gasteiger partial charge in [-0.3, -0.25) is 4.90 Å². The lowest BCUT2D eigenvalue weighted by Gasteiger charge is -2.30. The second kappa shape index (κ2) is 4.55. The molecule has 0 bridgehead atoms. The number of methoxy groups -OCH3 is 1. The summed E-state index contributed by atoms with van der Waals surface area (Å²) in [7, 11) is 1.44. The van der Waals surface area contributed by atoms with Crippen LogP contribution in [0, 0.1) is 0 Å². The number of carbonyl (C=O) groups excluding carboxylic acids is 1. The summed E-state index contributed by atoms with van der Waals surface area (Å²) >= 11 is 1.67. The smallest absolute Gasteiger partial charge is 0.338 e. The number of esters is 1. The first kappa shape index (κ1) is 11.6. The van der Waals surface area contributed by atoms with Crippen LogP contribution in [0.4, 0.5) is 0 Å². The standard InChI is InChI=1S/C12H17NO2S/c1-8(2)13-5-4-9-10(12(14)15-3)7-16-11(9)6-13/h7-8H,4-6H2,1-3H3. The van der Waals surface area contributed by atoms with Crippen molar-refractivity contribution in [1.82, 2.24) is 4.90 Å². The Morgan fingerprint density at radius 3 is 2.94 bits per heavy atom. The molecule has 0 aliphatic carbocycles. The third-order valence-electron chi connectivity index (χ3n) is 3.11. The van der Waals surface area contributed by atoms with E-state index < -0.39 is 0 Å². The van der Waals surface area contributed by atoms with Crippen molar-refractivity contribution in [1.29, 1.82) is 0 Å². The summed E-state index contributed by atoms with van der Waals surface area (Å²) in [6.45, 7) is 6.42. The van der Waals surface area contributed by atoms with Gasteiger partial charge in [0.1, 0.15) is 0 Å². The highest BCUT2D eigenvalue weighted by Crippen LogP contribution is 2.29. The average molecular weight is 239 g/mol. The Hall–Kier alpha value is -0.870. The second-order valence-corrected chi connectivity index (χ2v) is 5.32. The Balaban J connectivity index is 2.23. The molecule has 0 saturated carbocycles. The largest absolute Gasteiger partial charge is 0.465 e. The van der Waals surface area contributed by atoms with Crippen molar-refractivity contribution in [3.63, 3.8) is 0 Å². The van der Waals surface area contributed by atoms with Gasteiger partial charge in [0.05, 0.1) is 12.7 Å². The van der Waals surface area contributed by atoms with E-state index >= 15 is 0 Å². The molecule has 16 heavy (non-hydrogen) atoms. The summed E-state index contributed by atoms with van der Waals surface area (Å²) in [5, 5.41) is 1.93. The van der Waals surface area contributed by atoms with Crippen molar-refractivity contribution in [2.45, 2.75) is 32.9 Å². The Morgan fingerprint density at radius 2 is 2.31 bits per heavy atom. The van der Waals surface area contributed by atoms with Crippen molar-refractivity contribution < 1.29 is 9.53 Å². The van der Waals surface area contributed by atoms with Crippen LogP contribution in [-0.4, -0.2) is 30.6 Å². The summed E-state index contributed by atoms with van der Waals surface area (Å²) < 4.78 is 4.79. The van der Waals surface area contributed by atoms with Crippen LogP contribution in [0.1, 0.15) is 34.6 Å². The molecule has 2 heterocycles. The lowest BCUT2D eigenvalue weighted by molar-refractivity contribution is 0.0599. The fourth-order valence-electron chi connectivity index (χ4n) is 2.07. The molecule has 1 aromatic heterocycles. The molecule has 0 N–H and O–H groups in total. The Bertz CT molecular complexity index is 398. The van der Waals surface area contributed by atoms with E-state index in [1.807, 2.05) is 5.38 Å². The number of hydrogen-bond donors (Lipinski definition) is 0. The predicted octanol–water partition coefficient (Wildman–Crippen LogP) is 2.30. The Labute approximate surface area is 100 Å². The topological polar surface area (TPSA) is 29.5 Å². The molecule has 2 rings (SSSR count). The van der Waals surface area contributed by atoms with Crippen molar-refractivity contribution in [2.75, 3.05) is 13.7 Å². The number of hydrogen-bond acceptors (Lipinski definition) is 4. The normalized spacial score (nSPS) is 16.2. The van der Waals surface area contributed by atoms with E-state index in [1.54, 1.807) is 11.3 Å². The van der Waals surface area contributed by atoms with Crippen LogP contribution in [-0.2, 0) is 17.7 Å². The van der Waals surface area contributed by atoms with Crippen LogP contribution in [0.25, 0.3) is 0 Å². The van der Waals surface area contributed by atoms with Crippen molar-refractivity contribution in [2.24, 2.45) is 0 Å². The average Bonchev–Trinajstić information content (AvgIpc) is 2.70. The lowest BCUT2D eigenvalue weighted by Crippen LogP contribution is -2.35.